The molecule has 0 aliphatic carbocycles. The SMILES string of the molecule is CCCCOC(=O)c1ccc(-n2c(C)cc(/C=C3\SC(=O)N(c4ccc(Cl)cc4)C3=O)c2C)cc1. The maximum absolute atomic E-state index is 13.0. The molecule has 1 aliphatic rings. The van der Waals surface area contributed by atoms with E-state index in [4.69, 9.17) is 16.3 Å². The first-order valence-corrected chi connectivity index (χ1v) is 12.5. The van der Waals surface area contributed by atoms with Crippen LogP contribution in [-0.4, -0.2) is 28.3 Å². The number of hydrogen-bond acceptors (Lipinski definition) is 5. The minimum absolute atomic E-state index is 0.331. The fourth-order valence-electron chi connectivity index (χ4n) is 3.89. The molecule has 0 atom stereocenters. The Morgan fingerprint density at radius 3 is 2.34 bits per heavy atom. The zero-order chi connectivity index (χ0) is 25.1. The minimum Gasteiger partial charge on any atom is -0.462 e. The van der Waals surface area contributed by atoms with Crippen LogP contribution < -0.4 is 4.90 Å². The van der Waals surface area contributed by atoms with Gasteiger partial charge in [-0.05, 0) is 98.3 Å². The summed E-state index contributed by atoms with van der Waals surface area (Å²) in [7, 11) is 0. The highest BCUT2D eigenvalue weighted by Gasteiger charge is 2.36. The number of imide groups is 1. The quantitative estimate of drug-likeness (QED) is 0.196. The highest BCUT2D eigenvalue weighted by atomic mass is 35.5. The summed E-state index contributed by atoms with van der Waals surface area (Å²) in [6, 6.07) is 15.8. The van der Waals surface area contributed by atoms with Crippen molar-refractivity contribution in [3.63, 3.8) is 0 Å². The molecule has 180 valence electrons. The second kappa shape index (κ2) is 10.5. The highest BCUT2D eigenvalue weighted by molar-refractivity contribution is 8.19. The summed E-state index contributed by atoms with van der Waals surface area (Å²) in [4.78, 5) is 39.3. The Hall–Kier alpha value is -3.29. The third-order valence-corrected chi connectivity index (χ3v) is 6.85. The van der Waals surface area contributed by atoms with E-state index in [1.54, 1.807) is 42.5 Å². The summed E-state index contributed by atoms with van der Waals surface area (Å²) in [5.74, 6) is -0.693. The van der Waals surface area contributed by atoms with Crippen LogP contribution >= 0.6 is 23.4 Å². The number of hydrogen-bond donors (Lipinski definition) is 0. The average molecular weight is 509 g/mol. The number of carbonyl (C=O) groups excluding carboxylic acids is 3. The van der Waals surface area contributed by atoms with E-state index in [0.29, 0.717) is 27.8 Å². The number of nitrogens with zero attached hydrogens (tertiary/aromatic N) is 2. The Morgan fingerprint density at radius 1 is 1.03 bits per heavy atom. The van der Waals surface area contributed by atoms with Gasteiger partial charge in [-0.1, -0.05) is 24.9 Å². The predicted molar refractivity (Wildman–Crippen MR) is 140 cm³/mol. The van der Waals surface area contributed by atoms with Gasteiger partial charge in [-0.3, -0.25) is 9.59 Å². The van der Waals surface area contributed by atoms with E-state index in [1.165, 1.54) is 0 Å². The molecule has 2 heterocycles. The molecule has 1 aliphatic heterocycles. The lowest BCUT2D eigenvalue weighted by molar-refractivity contribution is -0.113. The third kappa shape index (κ3) is 5.21. The molecule has 1 aromatic heterocycles. The van der Waals surface area contributed by atoms with Gasteiger partial charge >= 0.3 is 5.97 Å². The molecular weight excluding hydrogens is 484 g/mol. The number of aromatic nitrogens is 1. The van der Waals surface area contributed by atoms with Crippen molar-refractivity contribution in [3.05, 3.63) is 87.0 Å². The van der Waals surface area contributed by atoms with Gasteiger partial charge in [-0.15, -0.1) is 0 Å². The van der Waals surface area contributed by atoms with Gasteiger partial charge in [0, 0.05) is 22.1 Å². The number of halogens is 1. The Morgan fingerprint density at radius 2 is 1.69 bits per heavy atom. The largest absolute Gasteiger partial charge is 0.462 e. The molecular formula is C27H25ClN2O4S. The summed E-state index contributed by atoms with van der Waals surface area (Å²) >= 11 is 6.85. The molecule has 0 radical (unpaired) electrons. The van der Waals surface area contributed by atoms with Crippen molar-refractivity contribution >= 4 is 52.2 Å². The van der Waals surface area contributed by atoms with Crippen LogP contribution in [-0.2, 0) is 9.53 Å². The number of ether oxygens (including phenoxy) is 1. The van der Waals surface area contributed by atoms with Crippen molar-refractivity contribution in [2.24, 2.45) is 0 Å². The number of rotatable bonds is 7. The summed E-state index contributed by atoms with van der Waals surface area (Å²) < 4.78 is 7.32. The van der Waals surface area contributed by atoms with E-state index in [1.807, 2.05) is 43.5 Å². The number of amides is 2. The summed E-state index contributed by atoms with van der Waals surface area (Å²) in [6.07, 6.45) is 3.56. The van der Waals surface area contributed by atoms with Gasteiger partial charge in [0.2, 0.25) is 0 Å². The lowest BCUT2D eigenvalue weighted by Crippen LogP contribution is -2.27. The van der Waals surface area contributed by atoms with Gasteiger partial charge in [-0.2, -0.15) is 0 Å². The molecule has 0 unspecified atom stereocenters. The fraction of sp³-hybridized carbons (Fsp3) is 0.222. The molecule has 0 spiro atoms. The van der Waals surface area contributed by atoms with Crippen LogP contribution in [0.5, 0.6) is 0 Å². The molecule has 0 saturated carbocycles. The number of aryl methyl sites for hydroxylation is 1. The van der Waals surface area contributed by atoms with Crippen LogP contribution in [0.4, 0.5) is 10.5 Å². The van der Waals surface area contributed by atoms with Crippen molar-refractivity contribution in [1.82, 2.24) is 4.57 Å². The number of unbranched alkanes of at least 4 members (excludes halogenated alkanes) is 1. The topological polar surface area (TPSA) is 68.6 Å². The van der Waals surface area contributed by atoms with Crippen molar-refractivity contribution < 1.29 is 19.1 Å². The smallest absolute Gasteiger partial charge is 0.338 e. The normalized spacial score (nSPS) is 14.7. The Kier molecular flexibility index (Phi) is 7.48. The summed E-state index contributed by atoms with van der Waals surface area (Å²) in [5, 5.41) is 0.184. The van der Waals surface area contributed by atoms with Gasteiger partial charge in [0.25, 0.3) is 11.1 Å². The van der Waals surface area contributed by atoms with Gasteiger partial charge in [0.05, 0.1) is 22.8 Å². The summed E-state index contributed by atoms with van der Waals surface area (Å²) in [6.45, 7) is 6.38. The molecule has 1 fully saturated rings. The molecule has 6 nitrogen and oxygen atoms in total. The molecule has 0 N–H and O–H groups in total. The number of carbonyl (C=O) groups is 3. The van der Waals surface area contributed by atoms with E-state index in [-0.39, 0.29) is 17.1 Å². The van der Waals surface area contributed by atoms with E-state index >= 15 is 0 Å². The average Bonchev–Trinajstić information content (AvgIpc) is 3.28. The summed E-state index contributed by atoms with van der Waals surface area (Å²) in [5.41, 5.74) is 4.59. The van der Waals surface area contributed by atoms with Crippen LogP contribution in [0, 0.1) is 13.8 Å². The van der Waals surface area contributed by atoms with Crippen molar-refractivity contribution in [2.75, 3.05) is 11.5 Å². The van der Waals surface area contributed by atoms with Crippen molar-refractivity contribution in [2.45, 2.75) is 33.6 Å². The van der Waals surface area contributed by atoms with Crippen LogP contribution in [0.3, 0.4) is 0 Å². The minimum atomic E-state index is -0.363. The number of anilines is 1. The van der Waals surface area contributed by atoms with Crippen LogP contribution in [0.2, 0.25) is 5.02 Å². The van der Waals surface area contributed by atoms with Crippen LogP contribution in [0.15, 0.2) is 59.5 Å². The maximum Gasteiger partial charge on any atom is 0.338 e. The van der Waals surface area contributed by atoms with E-state index in [0.717, 1.165) is 52.1 Å². The molecule has 1 saturated heterocycles. The van der Waals surface area contributed by atoms with E-state index < -0.39 is 0 Å². The first-order valence-electron chi connectivity index (χ1n) is 11.3. The van der Waals surface area contributed by atoms with Crippen LogP contribution in [0.25, 0.3) is 11.8 Å². The lowest BCUT2D eigenvalue weighted by atomic mass is 10.2. The lowest BCUT2D eigenvalue weighted by Gasteiger charge is -2.12. The van der Waals surface area contributed by atoms with Crippen molar-refractivity contribution in [1.29, 1.82) is 0 Å². The monoisotopic (exact) mass is 508 g/mol. The molecule has 35 heavy (non-hydrogen) atoms. The fourth-order valence-corrected chi connectivity index (χ4v) is 4.85. The molecule has 0 bridgehead atoms. The zero-order valence-electron chi connectivity index (χ0n) is 19.7. The molecule has 8 heteroatoms. The van der Waals surface area contributed by atoms with E-state index in [9.17, 15) is 14.4 Å². The van der Waals surface area contributed by atoms with Crippen LogP contribution in [0.1, 0.15) is 47.1 Å². The second-order valence-electron chi connectivity index (χ2n) is 8.19. The first-order chi connectivity index (χ1) is 16.8. The number of thioether (sulfide) groups is 1. The van der Waals surface area contributed by atoms with Gasteiger partial charge in [0.1, 0.15) is 0 Å². The third-order valence-electron chi connectivity index (χ3n) is 5.73. The first kappa shape index (κ1) is 24.8. The predicted octanol–water partition coefficient (Wildman–Crippen LogP) is 6.95. The Balaban J connectivity index is 1.57. The number of esters is 1. The van der Waals surface area contributed by atoms with E-state index in [2.05, 4.69) is 0 Å². The zero-order valence-corrected chi connectivity index (χ0v) is 21.3. The molecule has 4 rings (SSSR count). The Labute approximate surface area is 213 Å². The van der Waals surface area contributed by atoms with Gasteiger partial charge in [-0.25, -0.2) is 9.69 Å². The number of benzene rings is 2. The highest BCUT2D eigenvalue weighted by Crippen LogP contribution is 2.37. The van der Waals surface area contributed by atoms with Gasteiger partial charge in [0.15, 0.2) is 0 Å². The molecule has 2 amide bonds. The molecule has 3 aromatic rings. The van der Waals surface area contributed by atoms with Gasteiger partial charge < -0.3 is 9.30 Å². The van der Waals surface area contributed by atoms with Crippen molar-refractivity contribution in [3.8, 4) is 5.69 Å². The second-order valence-corrected chi connectivity index (χ2v) is 9.62. The molecule has 2 aromatic carbocycles. The standard InChI is InChI=1S/C27H25ClN2O4S/c1-4-5-14-34-26(32)19-6-10-22(11-7-19)29-17(2)15-20(18(29)3)16-24-25(31)30(27(33)35-24)23-12-8-21(28)9-13-23/h6-13,15-16H,4-5,14H2,1-3H3/b24-16-. The Bertz CT molecular complexity index is 1310. The maximum atomic E-state index is 13.0.